The molecule has 2 N–H and O–H groups in total. The van der Waals surface area contributed by atoms with Crippen LogP contribution >= 0.6 is 11.3 Å². The highest BCUT2D eigenvalue weighted by molar-refractivity contribution is 7.18. The SMILES string of the molecule is Cc1sc2ncnc(N3CCC(C(=O)N[C@H](C)C(=O)O)CC3)c2c1C. The molecule has 134 valence electrons. The normalized spacial score (nSPS) is 16.8. The summed E-state index contributed by atoms with van der Waals surface area (Å²) in [6.07, 6.45) is 2.97. The molecule has 3 heterocycles. The van der Waals surface area contributed by atoms with Crippen LogP contribution in [0, 0.1) is 19.8 Å². The van der Waals surface area contributed by atoms with Crippen LogP contribution in [-0.2, 0) is 9.59 Å². The highest BCUT2D eigenvalue weighted by atomic mass is 32.1. The Labute approximate surface area is 150 Å². The third-order valence-electron chi connectivity index (χ3n) is 4.84. The van der Waals surface area contributed by atoms with Gasteiger partial charge >= 0.3 is 5.97 Å². The average Bonchev–Trinajstić information content (AvgIpc) is 2.89. The predicted molar refractivity (Wildman–Crippen MR) is 97.1 cm³/mol. The maximum absolute atomic E-state index is 12.2. The molecule has 1 amide bonds. The number of carboxylic acid groups (broad SMARTS) is 1. The number of aryl methyl sites for hydroxylation is 2. The van der Waals surface area contributed by atoms with Crippen molar-refractivity contribution in [1.82, 2.24) is 15.3 Å². The Kier molecular flexibility index (Phi) is 4.89. The van der Waals surface area contributed by atoms with Crippen LogP contribution in [-0.4, -0.2) is 46.1 Å². The number of nitrogens with one attached hydrogen (secondary N) is 1. The summed E-state index contributed by atoms with van der Waals surface area (Å²) < 4.78 is 0. The molecule has 0 unspecified atom stereocenters. The molecule has 8 heteroatoms. The zero-order valence-electron chi connectivity index (χ0n) is 14.6. The molecule has 0 radical (unpaired) electrons. The maximum Gasteiger partial charge on any atom is 0.325 e. The lowest BCUT2D eigenvalue weighted by Crippen LogP contribution is -2.45. The number of rotatable bonds is 4. The number of fused-ring (bicyclic) bond motifs is 1. The first-order valence-corrected chi connectivity index (χ1v) is 9.19. The highest BCUT2D eigenvalue weighted by Crippen LogP contribution is 2.35. The number of anilines is 1. The average molecular weight is 362 g/mol. The summed E-state index contributed by atoms with van der Waals surface area (Å²) in [7, 11) is 0. The van der Waals surface area contributed by atoms with Gasteiger partial charge in [-0.2, -0.15) is 0 Å². The van der Waals surface area contributed by atoms with Crippen molar-refractivity contribution in [2.75, 3.05) is 18.0 Å². The van der Waals surface area contributed by atoms with Crippen LogP contribution in [0.5, 0.6) is 0 Å². The van der Waals surface area contributed by atoms with Gasteiger partial charge in [-0.05, 0) is 39.2 Å². The van der Waals surface area contributed by atoms with Crippen LogP contribution in [0.15, 0.2) is 6.33 Å². The number of hydrogen-bond donors (Lipinski definition) is 2. The first-order chi connectivity index (χ1) is 11.9. The van der Waals surface area contributed by atoms with Crippen molar-refractivity contribution < 1.29 is 14.7 Å². The number of nitrogens with zero attached hydrogens (tertiary/aromatic N) is 3. The van der Waals surface area contributed by atoms with Gasteiger partial charge in [0.05, 0.1) is 5.39 Å². The summed E-state index contributed by atoms with van der Waals surface area (Å²) in [5, 5.41) is 12.6. The molecule has 25 heavy (non-hydrogen) atoms. The van der Waals surface area contributed by atoms with E-state index in [1.54, 1.807) is 17.7 Å². The van der Waals surface area contributed by atoms with Gasteiger partial charge in [0, 0.05) is 23.9 Å². The van der Waals surface area contributed by atoms with E-state index in [0.717, 1.165) is 29.1 Å². The first-order valence-electron chi connectivity index (χ1n) is 8.37. The number of carbonyl (C=O) groups excluding carboxylic acids is 1. The standard InChI is InChI=1S/C17H22N4O3S/c1-9-11(3)25-16-13(9)14(18-8-19-16)21-6-4-12(5-7-21)15(22)20-10(2)17(23)24/h8,10,12H,4-7H2,1-3H3,(H,20,22)(H,23,24)/t10-/m1/s1. The number of carboxylic acids is 1. The van der Waals surface area contributed by atoms with E-state index in [2.05, 4.69) is 34.0 Å². The predicted octanol–water partition coefficient (Wildman–Crippen LogP) is 2.11. The Hall–Kier alpha value is -2.22. The van der Waals surface area contributed by atoms with Gasteiger partial charge in [0.2, 0.25) is 5.91 Å². The van der Waals surface area contributed by atoms with Crippen molar-refractivity contribution in [3.63, 3.8) is 0 Å². The number of carbonyl (C=O) groups is 2. The van der Waals surface area contributed by atoms with Gasteiger partial charge in [0.1, 0.15) is 23.0 Å². The van der Waals surface area contributed by atoms with Gasteiger partial charge in [-0.15, -0.1) is 11.3 Å². The molecule has 7 nitrogen and oxygen atoms in total. The fraction of sp³-hybridized carbons (Fsp3) is 0.529. The Morgan fingerprint density at radius 3 is 2.64 bits per heavy atom. The van der Waals surface area contributed by atoms with E-state index in [4.69, 9.17) is 5.11 Å². The van der Waals surface area contributed by atoms with E-state index in [0.29, 0.717) is 12.8 Å². The minimum Gasteiger partial charge on any atom is -0.480 e. The molecule has 1 aliphatic rings. The van der Waals surface area contributed by atoms with Gasteiger partial charge in [0.15, 0.2) is 0 Å². The molecular weight excluding hydrogens is 340 g/mol. The van der Waals surface area contributed by atoms with E-state index < -0.39 is 12.0 Å². The van der Waals surface area contributed by atoms with Crippen molar-refractivity contribution in [3.05, 3.63) is 16.8 Å². The third-order valence-corrected chi connectivity index (χ3v) is 5.96. The van der Waals surface area contributed by atoms with Crippen molar-refractivity contribution >= 4 is 39.2 Å². The number of aliphatic carboxylic acids is 1. The lowest BCUT2D eigenvalue weighted by molar-refractivity contribution is -0.142. The fourth-order valence-corrected chi connectivity index (χ4v) is 4.14. The second-order valence-corrected chi connectivity index (χ2v) is 7.69. The molecule has 0 bridgehead atoms. The fourth-order valence-electron chi connectivity index (χ4n) is 3.15. The zero-order valence-corrected chi connectivity index (χ0v) is 15.4. The first kappa shape index (κ1) is 17.6. The van der Waals surface area contributed by atoms with Crippen LogP contribution in [0.2, 0.25) is 0 Å². The van der Waals surface area contributed by atoms with Crippen LogP contribution in [0.1, 0.15) is 30.2 Å². The van der Waals surface area contributed by atoms with Gasteiger partial charge in [-0.25, -0.2) is 9.97 Å². The van der Waals surface area contributed by atoms with Gasteiger partial charge in [-0.3, -0.25) is 9.59 Å². The second kappa shape index (κ2) is 6.95. The van der Waals surface area contributed by atoms with Crippen molar-refractivity contribution in [1.29, 1.82) is 0 Å². The lowest BCUT2D eigenvalue weighted by atomic mass is 9.95. The summed E-state index contributed by atoms with van der Waals surface area (Å²) in [5.74, 6) is -0.410. The van der Waals surface area contributed by atoms with Crippen LogP contribution in [0.3, 0.4) is 0 Å². The Bertz CT molecular complexity index is 812. The van der Waals surface area contributed by atoms with Crippen molar-refractivity contribution in [3.8, 4) is 0 Å². The zero-order chi connectivity index (χ0) is 18.1. The van der Waals surface area contributed by atoms with Crippen molar-refractivity contribution in [2.24, 2.45) is 5.92 Å². The third kappa shape index (κ3) is 3.44. The van der Waals surface area contributed by atoms with E-state index in [1.165, 1.54) is 17.4 Å². The molecular formula is C17H22N4O3S. The molecule has 0 aliphatic carbocycles. The minimum atomic E-state index is -1.02. The Morgan fingerprint density at radius 1 is 1.32 bits per heavy atom. The van der Waals surface area contributed by atoms with E-state index in [1.807, 2.05) is 0 Å². The van der Waals surface area contributed by atoms with Gasteiger partial charge < -0.3 is 15.3 Å². The monoisotopic (exact) mass is 362 g/mol. The molecule has 1 fully saturated rings. The van der Waals surface area contributed by atoms with Crippen LogP contribution in [0.25, 0.3) is 10.2 Å². The second-order valence-electron chi connectivity index (χ2n) is 6.49. The molecule has 1 atom stereocenters. The summed E-state index contributed by atoms with van der Waals surface area (Å²) in [4.78, 5) is 36.4. The molecule has 0 aromatic carbocycles. The van der Waals surface area contributed by atoms with Crippen LogP contribution in [0.4, 0.5) is 5.82 Å². The summed E-state index contributed by atoms with van der Waals surface area (Å²) in [6, 6.07) is -0.858. The summed E-state index contributed by atoms with van der Waals surface area (Å²) >= 11 is 1.67. The maximum atomic E-state index is 12.2. The lowest BCUT2D eigenvalue weighted by Gasteiger charge is -2.32. The number of amides is 1. The molecule has 1 saturated heterocycles. The molecule has 2 aromatic rings. The largest absolute Gasteiger partial charge is 0.480 e. The Morgan fingerprint density at radius 2 is 2.00 bits per heavy atom. The quantitative estimate of drug-likeness (QED) is 0.865. The van der Waals surface area contributed by atoms with Crippen molar-refractivity contribution in [2.45, 2.75) is 39.7 Å². The molecule has 0 spiro atoms. The number of aromatic nitrogens is 2. The van der Waals surface area contributed by atoms with E-state index >= 15 is 0 Å². The molecule has 1 aliphatic heterocycles. The smallest absolute Gasteiger partial charge is 0.325 e. The minimum absolute atomic E-state index is 0.152. The summed E-state index contributed by atoms with van der Waals surface area (Å²) in [5.41, 5.74) is 1.21. The Balaban J connectivity index is 1.71. The molecule has 3 rings (SSSR count). The highest BCUT2D eigenvalue weighted by Gasteiger charge is 2.28. The van der Waals surface area contributed by atoms with E-state index in [-0.39, 0.29) is 11.8 Å². The molecule has 2 aromatic heterocycles. The van der Waals surface area contributed by atoms with Gasteiger partial charge in [0.25, 0.3) is 0 Å². The van der Waals surface area contributed by atoms with E-state index in [9.17, 15) is 9.59 Å². The topological polar surface area (TPSA) is 95.4 Å². The molecule has 0 saturated carbocycles. The number of piperidine rings is 1. The number of thiophene rings is 1. The summed E-state index contributed by atoms with van der Waals surface area (Å²) in [6.45, 7) is 7.11. The van der Waals surface area contributed by atoms with Crippen LogP contribution < -0.4 is 10.2 Å². The van der Waals surface area contributed by atoms with Gasteiger partial charge in [-0.1, -0.05) is 0 Å². The number of hydrogen-bond acceptors (Lipinski definition) is 6.